The molecule has 1 atom stereocenters. The van der Waals surface area contributed by atoms with E-state index in [1.165, 1.54) is 16.2 Å². The van der Waals surface area contributed by atoms with Gasteiger partial charge < -0.3 is 14.6 Å². The summed E-state index contributed by atoms with van der Waals surface area (Å²) < 4.78 is 11.1. The van der Waals surface area contributed by atoms with E-state index >= 15 is 0 Å². The van der Waals surface area contributed by atoms with E-state index < -0.39 is 17.7 Å². The van der Waals surface area contributed by atoms with E-state index in [-0.39, 0.29) is 11.3 Å². The van der Waals surface area contributed by atoms with Gasteiger partial charge in [-0.2, -0.15) is 0 Å². The van der Waals surface area contributed by atoms with Crippen molar-refractivity contribution in [2.24, 2.45) is 0 Å². The highest BCUT2D eigenvalue weighted by molar-refractivity contribution is 7.10. The number of ether oxygens (including phenoxy) is 2. The normalized spacial score (nSPS) is 17.4. The molecule has 1 amide bonds. The van der Waals surface area contributed by atoms with Gasteiger partial charge in [-0.3, -0.25) is 14.5 Å². The number of rotatable bonds is 7. The number of hydrogen-bond acceptors (Lipinski definition) is 6. The Labute approximate surface area is 200 Å². The maximum atomic E-state index is 13.2. The minimum absolute atomic E-state index is 0.00836. The SMILES string of the molecule is CCOc1cccc(N2C(=O)C(=O)/C(=C(\O)c3ccc(Cl)c(OCC)c3)C2c2cccs2)c1. The van der Waals surface area contributed by atoms with E-state index in [0.717, 1.165) is 4.88 Å². The van der Waals surface area contributed by atoms with Crippen LogP contribution in [0.25, 0.3) is 5.76 Å². The maximum Gasteiger partial charge on any atom is 0.300 e. The number of carbonyl (C=O) groups excluding carboxylic acids is 2. The lowest BCUT2D eigenvalue weighted by atomic mass is 9.99. The lowest BCUT2D eigenvalue weighted by Gasteiger charge is -2.24. The van der Waals surface area contributed by atoms with E-state index in [1.807, 2.05) is 31.4 Å². The number of Topliss-reactive ketones (excluding diaryl/α,β-unsaturated/α-hetero) is 1. The Morgan fingerprint density at radius 1 is 1.06 bits per heavy atom. The highest BCUT2D eigenvalue weighted by Crippen LogP contribution is 2.44. The number of anilines is 1. The van der Waals surface area contributed by atoms with Crippen molar-refractivity contribution in [3.63, 3.8) is 0 Å². The van der Waals surface area contributed by atoms with Crippen LogP contribution < -0.4 is 14.4 Å². The zero-order chi connectivity index (χ0) is 23.5. The molecule has 1 fully saturated rings. The second-order valence-electron chi connectivity index (χ2n) is 7.19. The van der Waals surface area contributed by atoms with Crippen molar-refractivity contribution in [1.29, 1.82) is 0 Å². The Hall–Kier alpha value is -3.29. The first-order valence-electron chi connectivity index (χ1n) is 10.5. The molecule has 1 unspecified atom stereocenters. The van der Waals surface area contributed by atoms with Crippen LogP contribution in [0.4, 0.5) is 5.69 Å². The molecule has 4 rings (SSSR count). The molecule has 0 radical (unpaired) electrons. The summed E-state index contributed by atoms with van der Waals surface area (Å²) in [6, 6.07) is 14.6. The molecule has 33 heavy (non-hydrogen) atoms. The first kappa shape index (κ1) is 22.9. The van der Waals surface area contributed by atoms with Crippen LogP contribution in [0.15, 0.2) is 65.6 Å². The highest BCUT2D eigenvalue weighted by atomic mass is 35.5. The van der Waals surface area contributed by atoms with Crippen LogP contribution >= 0.6 is 22.9 Å². The second-order valence-corrected chi connectivity index (χ2v) is 8.58. The number of amides is 1. The van der Waals surface area contributed by atoms with Gasteiger partial charge >= 0.3 is 0 Å². The molecule has 0 spiro atoms. The van der Waals surface area contributed by atoms with Gasteiger partial charge in [0.2, 0.25) is 0 Å². The fourth-order valence-corrected chi connectivity index (χ4v) is 4.77. The summed E-state index contributed by atoms with van der Waals surface area (Å²) in [4.78, 5) is 28.6. The van der Waals surface area contributed by atoms with Gasteiger partial charge in [-0.1, -0.05) is 23.7 Å². The first-order valence-corrected chi connectivity index (χ1v) is 11.7. The van der Waals surface area contributed by atoms with Gasteiger partial charge in [-0.05, 0) is 55.6 Å². The van der Waals surface area contributed by atoms with Gasteiger partial charge in [0.05, 0.1) is 23.8 Å². The van der Waals surface area contributed by atoms with E-state index in [4.69, 9.17) is 21.1 Å². The monoisotopic (exact) mass is 483 g/mol. The van der Waals surface area contributed by atoms with Gasteiger partial charge in [0.25, 0.3) is 11.7 Å². The van der Waals surface area contributed by atoms with Crippen LogP contribution in [-0.4, -0.2) is 30.0 Å². The quantitative estimate of drug-likeness (QED) is 0.260. The molecule has 1 aliphatic rings. The molecule has 2 heterocycles. The highest BCUT2D eigenvalue weighted by Gasteiger charge is 2.47. The Morgan fingerprint density at radius 3 is 2.55 bits per heavy atom. The number of halogens is 1. The summed E-state index contributed by atoms with van der Waals surface area (Å²) >= 11 is 7.58. The zero-order valence-electron chi connectivity index (χ0n) is 18.1. The van der Waals surface area contributed by atoms with Crippen molar-refractivity contribution in [2.75, 3.05) is 18.1 Å². The molecule has 0 aliphatic carbocycles. The molecule has 0 saturated carbocycles. The molecule has 3 aromatic rings. The van der Waals surface area contributed by atoms with E-state index in [9.17, 15) is 14.7 Å². The number of aliphatic hydroxyl groups is 1. The molecule has 0 bridgehead atoms. The van der Waals surface area contributed by atoms with Crippen molar-refractivity contribution in [1.82, 2.24) is 0 Å². The minimum Gasteiger partial charge on any atom is -0.507 e. The van der Waals surface area contributed by atoms with Gasteiger partial charge in [-0.25, -0.2) is 0 Å². The predicted molar refractivity (Wildman–Crippen MR) is 129 cm³/mol. The van der Waals surface area contributed by atoms with E-state index in [0.29, 0.717) is 41.0 Å². The standard InChI is InChI=1S/C25H22ClNO5S/c1-3-31-17-8-5-7-16(14-17)27-22(20-9-6-12-33-20)21(24(29)25(27)30)23(28)15-10-11-18(26)19(13-15)32-4-2/h5-14,22,28H,3-4H2,1-2H3/b23-21-. The number of hydrogen-bond donors (Lipinski definition) is 1. The topological polar surface area (TPSA) is 76.1 Å². The molecule has 170 valence electrons. The lowest BCUT2D eigenvalue weighted by Crippen LogP contribution is -2.29. The summed E-state index contributed by atoms with van der Waals surface area (Å²) in [5, 5.41) is 13.5. The van der Waals surface area contributed by atoms with Crippen LogP contribution in [0.3, 0.4) is 0 Å². The summed E-state index contributed by atoms with van der Waals surface area (Å²) in [6.07, 6.45) is 0. The van der Waals surface area contributed by atoms with Crippen molar-refractivity contribution < 1.29 is 24.2 Å². The van der Waals surface area contributed by atoms with E-state index in [1.54, 1.807) is 42.5 Å². The van der Waals surface area contributed by atoms with Crippen molar-refractivity contribution in [2.45, 2.75) is 19.9 Å². The third kappa shape index (κ3) is 4.34. The third-order valence-electron chi connectivity index (χ3n) is 5.17. The third-order valence-corrected chi connectivity index (χ3v) is 6.41. The molecule has 6 nitrogen and oxygen atoms in total. The number of nitrogens with zero attached hydrogens (tertiary/aromatic N) is 1. The molecule has 1 saturated heterocycles. The average molecular weight is 484 g/mol. The molecule has 2 aromatic carbocycles. The fourth-order valence-electron chi connectivity index (χ4n) is 3.78. The molecule has 1 aromatic heterocycles. The zero-order valence-corrected chi connectivity index (χ0v) is 19.7. The van der Waals surface area contributed by atoms with Crippen LogP contribution in [0.1, 0.15) is 30.3 Å². The van der Waals surface area contributed by atoms with E-state index in [2.05, 4.69) is 0 Å². The Balaban J connectivity index is 1.88. The summed E-state index contributed by atoms with van der Waals surface area (Å²) in [5.41, 5.74) is 0.853. The number of benzene rings is 2. The molecule has 1 N–H and O–H groups in total. The van der Waals surface area contributed by atoms with Gasteiger partial charge in [0, 0.05) is 22.2 Å². The Morgan fingerprint density at radius 2 is 1.85 bits per heavy atom. The van der Waals surface area contributed by atoms with Crippen LogP contribution in [0.2, 0.25) is 5.02 Å². The van der Waals surface area contributed by atoms with Crippen LogP contribution in [-0.2, 0) is 9.59 Å². The number of ketones is 1. The van der Waals surface area contributed by atoms with Crippen molar-refractivity contribution >= 4 is 46.1 Å². The van der Waals surface area contributed by atoms with Crippen molar-refractivity contribution in [3.05, 3.63) is 81.0 Å². The predicted octanol–water partition coefficient (Wildman–Crippen LogP) is 5.83. The number of thiophene rings is 1. The Bertz CT molecular complexity index is 1220. The molecular weight excluding hydrogens is 462 g/mol. The molecule has 1 aliphatic heterocycles. The van der Waals surface area contributed by atoms with Crippen LogP contribution in [0, 0.1) is 0 Å². The lowest BCUT2D eigenvalue weighted by molar-refractivity contribution is -0.132. The van der Waals surface area contributed by atoms with Gasteiger partial charge in [0.1, 0.15) is 23.3 Å². The largest absolute Gasteiger partial charge is 0.507 e. The smallest absolute Gasteiger partial charge is 0.300 e. The average Bonchev–Trinajstić information content (AvgIpc) is 3.42. The van der Waals surface area contributed by atoms with Gasteiger partial charge in [0.15, 0.2) is 0 Å². The second kappa shape index (κ2) is 9.68. The first-order chi connectivity index (χ1) is 16.0. The number of aliphatic hydroxyl groups excluding tert-OH is 1. The molecular formula is C25H22ClNO5S. The van der Waals surface area contributed by atoms with Crippen LogP contribution in [0.5, 0.6) is 11.5 Å². The van der Waals surface area contributed by atoms with Gasteiger partial charge in [-0.15, -0.1) is 11.3 Å². The summed E-state index contributed by atoms with van der Waals surface area (Å²) in [5.74, 6) is -0.800. The summed E-state index contributed by atoms with van der Waals surface area (Å²) in [7, 11) is 0. The Kier molecular flexibility index (Phi) is 6.72. The molecule has 8 heteroatoms. The minimum atomic E-state index is -0.784. The fraction of sp³-hybridized carbons (Fsp3) is 0.200. The number of carbonyl (C=O) groups is 2. The summed E-state index contributed by atoms with van der Waals surface area (Å²) in [6.45, 7) is 4.55. The maximum absolute atomic E-state index is 13.2. The van der Waals surface area contributed by atoms with Crippen molar-refractivity contribution in [3.8, 4) is 11.5 Å².